The molecule has 0 aliphatic heterocycles. The van der Waals surface area contributed by atoms with Gasteiger partial charge in [-0.25, -0.2) is 4.98 Å². The lowest BCUT2D eigenvalue weighted by atomic mass is 10.1. The fourth-order valence-electron chi connectivity index (χ4n) is 2.68. The number of pyridine rings is 1. The van der Waals surface area contributed by atoms with E-state index in [-0.39, 0.29) is 0 Å². The molecule has 22 heavy (non-hydrogen) atoms. The summed E-state index contributed by atoms with van der Waals surface area (Å²) in [6, 6.07) is 12.4. The average molecular weight is 315 g/mol. The molecule has 1 N–H and O–H groups in total. The van der Waals surface area contributed by atoms with Gasteiger partial charge in [0.25, 0.3) is 0 Å². The summed E-state index contributed by atoms with van der Waals surface area (Å²) in [5.74, 6) is 0. The molecule has 0 fully saturated rings. The quantitative estimate of drug-likeness (QED) is 0.740. The van der Waals surface area contributed by atoms with Gasteiger partial charge in [-0.1, -0.05) is 48.9 Å². The lowest BCUT2D eigenvalue weighted by Crippen LogP contribution is -2.05. The highest BCUT2D eigenvalue weighted by atomic mass is 35.5. The molecule has 4 heteroatoms. The van der Waals surface area contributed by atoms with E-state index in [4.69, 9.17) is 16.6 Å². The van der Waals surface area contributed by atoms with Crippen LogP contribution < -0.4 is 0 Å². The van der Waals surface area contributed by atoms with E-state index in [0.29, 0.717) is 6.42 Å². The van der Waals surface area contributed by atoms with Crippen LogP contribution in [-0.4, -0.2) is 20.1 Å². The minimum absolute atomic E-state index is 0.358. The molecule has 1 aromatic carbocycles. The summed E-state index contributed by atoms with van der Waals surface area (Å²) in [5, 5.41) is 9.63. The molecule has 0 aliphatic carbocycles. The fraction of sp³-hybridized carbons (Fsp3) is 0.278. The van der Waals surface area contributed by atoms with Gasteiger partial charge >= 0.3 is 0 Å². The number of imidazole rings is 1. The number of aliphatic hydroxyl groups is 1. The number of hydrogen-bond acceptors (Lipinski definition) is 2. The van der Waals surface area contributed by atoms with Crippen LogP contribution in [0, 0.1) is 6.92 Å². The van der Waals surface area contributed by atoms with Gasteiger partial charge in [0.2, 0.25) is 0 Å². The highest BCUT2D eigenvalue weighted by molar-refractivity contribution is 6.19. The molecule has 0 aliphatic rings. The normalized spacial score (nSPS) is 12.7. The topological polar surface area (TPSA) is 37.5 Å². The third kappa shape index (κ3) is 2.87. The van der Waals surface area contributed by atoms with E-state index in [1.807, 2.05) is 29.7 Å². The molecule has 0 spiro atoms. The minimum atomic E-state index is -0.922. The van der Waals surface area contributed by atoms with Gasteiger partial charge in [-0.15, -0.1) is 0 Å². The Morgan fingerprint density at radius 1 is 1.18 bits per heavy atom. The number of alkyl halides is 1. The molecule has 3 aromatic rings. The number of rotatable bonds is 4. The Hall–Kier alpha value is -1.84. The summed E-state index contributed by atoms with van der Waals surface area (Å²) < 4.78 is 2.02. The van der Waals surface area contributed by atoms with Crippen molar-refractivity contribution >= 4 is 17.2 Å². The fourth-order valence-corrected chi connectivity index (χ4v) is 2.83. The van der Waals surface area contributed by atoms with Gasteiger partial charge in [-0.05, 0) is 30.5 Å². The highest BCUT2D eigenvalue weighted by Crippen LogP contribution is 2.27. The Morgan fingerprint density at radius 3 is 2.55 bits per heavy atom. The van der Waals surface area contributed by atoms with Crippen LogP contribution in [0.25, 0.3) is 16.9 Å². The van der Waals surface area contributed by atoms with Crippen LogP contribution in [-0.2, 0) is 12.8 Å². The maximum absolute atomic E-state index is 9.63. The van der Waals surface area contributed by atoms with Gasteiger partial charge in [0.15, 0.2) is 0 Å². The zero-order chi connectivity index (χ0) is 15.7. The van der Waals surface area contributed by atoms with Crippen LogP contribution in [0.3, 0.4) is 0 Å². The van der Waals surface area contributed by atoms with Crippen LogP contribution in [0.4, 0.5) is 0 Å². The lowest BCUT2D eigenvalue weighted by Gasteiger charge is -2.07. The zero-order valence-electron chi connectivity index (χ0n) is 12.8. The van der Waals surface area contributed by atoms with Crippen LogP contribution in [0.2, 0.25) is 0 Å². The molecule has 0 saturated carbocycles. The highest BCUT2D eigenvalue weighted by Gasteiger charge is 2.16. The molecule has 1 atom stereocenters. The zero-order valence-corrected chi connectivity index (χ0v) is 13.5. The Bertz CT molecular complexity index is 791. The van der Waals surface area contributed by atoms with Crippen molar-refractivity contribution in [1.82, 2.24) is 9.38 Å². The number of fused-ring (bicyclic) bond motifs is 1. The SMILES string of the molecule is CCc1ccc(-c2nc3ccc(C)cn3c2CC(O)Cl)cc1. The Labute approximate surface area is 135 Å². The third-order valence-electron chi connectivity index (χ3n) is 3.86. The van der Waals surface area contributed by atoms with Crippen LogP contribution >= 0.6 is 11.6 Å². The minimum Gasteiger partial charge on any atom is -0.377 e. The summed E-state index contributed by atoms with van der Waals surface area (Å²) in [6.45, 7) is 4.17. The second-order valence-corrected chi connectivity index (χ2v) is 6.03. The van der Waals surface area contributed by atoms with Gasteiger partial charge in [0.1, 0.15) is 11.2 Å². The summed E-state index contributed by atoms with van der Waals surface area (Å²) in [6.07, 6.45) is 3.40. The number of aryl methyl sites for hydroxylation is 2. The molecule has 0 bridgehead atoms. The van der Waals surface area contributed by atoms with Crippen molar-refractivity contribution in [2.75, 3.05) is 0 Å². The van der Waals surface area contributed by atoms with Crippen molar-refractivity contribution < 1.29 is 5.11 Å². The summed E-state index contributed by atoms with van der Waals surface area (Å²) in [5.41, 5.74) is 5.25. The van der Waals surface area contributed by atoms with Gasteiger partial charge < -0.3 is 9.51 Å². The predicted molar refractivity (Wildman–Crippen MR) is 90.3 cm³/mol. The molecular weight excluding hydrogens is 296 g/mol. The van der Waals surface area contributed by atoms with Crippen molar-refractivity contribution in [1.29, 1.82) is 0 Å². The second-order valence-electron chi connectivity index (χ2n) is 5.53. The maximum atomic E-state index is 9.63. The monoisotopic (exact) mass is 314 g/mol. The first-order valence-electron chi connectivity index (χ1n) is 7.47. The van der Waals surface area contributed by atoms with Crippen molar-refractivity contribution in [2.45, 2.75) is 32.3 Å². The molecule has 0 saturated heterocycles. The average Bonchev–Trinajstić information content (AvgIpc) is 2.85. The standard InChI is InChI=1S/C18H19ClN2O/c1-3-13-5-7-14(8-6-13)18-15(10-16(19)22)21-11-12(2)4-9-17(21)20-18/h4-9,11,16,22H,3,10H2,1-2H3. The maximum Gasteiger partial charge on any atom is 0.137 e. The third-order valence-corrected chi connectivity index (χ3v) is 4.02. The molecular formula is C18H19ClN2O. The molecule has 2 aromatic heterocycles. The van der Waals surface area contributed by atoms with Crippen molar-refractivity contribution in [3.05, 3.63) is 59.4 Å². The Kier molecular flexibility index (Phi) is 4.19. The van der Waals surface area contributed by atoms with Gasteiger partial charge in [-0.2, -0.15) is 0 Å². The lowest BCUT2D eigenvalue weighted by molar-refractivity contribution is 0.255. The number of halogens is 1. The van der Waals surface area contributed by atoms with Crippen LogP contribution in [0.15, 0.2) is 42.6 Å². The van der Waals surface area contributed by atoms with Crippen molar-refractivity contribution in [3.8, 4) is 11.3 Å². The van der Waals surface area contributed by atoms with Crippen LogP contribution in [0.1, 0.15) is 23.7 Å². The van der Waals surface area contributed by atoms with E-state index in [9.17, 15) is 5.11 Å². The Morgan fingerprint density at radius 2 is 1.91 bits per heavy atom. The van der Waals surface area contributed by atoms with E-state index in [2.05, 4.69) is 31.2 Å². The smallest absolute Gasteiger partial charge is 0.137 e. The largest absolute Gasteiger partial charge is 0.377 e. The van der Waals surface area contributed by atoms with E-state index in [1.54, 1.807) is 0 Å². The first-order chi connectivity index (χ1) is 10.6. The van der Waals surface area contributed by atoms with Crippen molar-refractivity contribution in [3.63, 3.8) is 0 Å². The van der Waals surface area contributed by atoms with E-state index in [1.165, 1.54) is 5.56 Å². The number of aromatic nitrogens is 2. The summed E-state index contributed by atoms with van der Waals surface area (Å²) >= 11 is 5.83. The first kappa shape index (κ1) is 15.1. The summed E-state index contributed by atoms with van der Waals surface area (Å²) in [4.78, 5) is 4.73. The summed E-state index contributed by atoms with van der Waals surface area (Å²) in [7, 11) is 0. The van der Waals surface area contributed by atoms with Crippen LogP contribution in [0.5, 0.6) is 0 Å². The molecule has 3 rings (SSSR count). The van der Waals surface area contributed by atoms with E-state index >= 15 is 0 Å². The van der Waals surface area contributed by atoms with Crippen molar-refractivity contribution in [2.24, 2.45) is 0 Å². The second kappa shape index (κ2) is 6.11. The van der Waals surface area contributed by atoms with Gasteiger partial charge in [0, 0.05) is 18.2 Å². The number of hydrogen-bond donors (Lipinski definition) is 1. The first-order valence-corrected chi connectivity index (χ1v) is 7.91. The Balaban J connectivity index is 2.18. The molecule has 3 nitrogen and oxygen atoms in total. The molecule has 1 unspecified atom stereocenters. The number of nitrogens with zero attached hydrogens (tertiary/aromatic N) is 2. The van der Waals surface area contributed by atoms with E-state index < -0.39 is 5.56 Å². The van der Waals surface area contributed by atoms with E-state index in [0.717, 1.165) is 34.6 Å². The predicted octanol–water partition coefficient (Wildman–Crippen LogP) is 3.97. The molecule has 0 radical (unpaired) electrons. The molecule has 114 valence electrons. The van der Waals surface area contributed by atoms with Gasteiger partial charge in [0.05, 0.1) is 11.4 Å². The number of benzene rings is 1. The molecule has 2 heterocycles. The molecule has 0 amide bonds. The van der Waals surface area contributed by atoms with Gasteiger partial charge in [-0.3, -0.25) is 0 Å². The number of aliphatic hydroxyl groups excluding tert-OH is 1.